The molecule has 1 heterocycles. The topological polar surface area (TPSA) is 176 Å². The van der Waals surface area contributed by atoms with Crippen LogP contribution in [0, 0.1) is 0 Å². The maximum atomic E-state index is 9.77. The number of aliphatic hydroxyl groups excluding tert-OH is 4. The maximum absolute atomic E-state index is 9.77. The molecular formula is C14H27N3O9. The van der Waals surface area contributed by atoms with Crippen LogP contribution < -0.4 is 0 Å². The lowest BCUT2D eigenvalue weighted by atomic mass is 9.99. The molecule has 1 aliphatic heterocycles. The molecule has 152 valence electrons. The van der Waals surface area contributed by atoms with Gasteiger partial charge in [0.05, 0.1) is 52.9 Å². The maximum Gasteiger partial charge on any atom is 0.186 e. The van der Waals surface area contributed by atoms with E-state index < -0.39 is 37.3 Å². The van der Waals surface area contributed by atoms with E-state index in [0.29, 0.717) is 33.0 Å². The molecule has 0 radical (unpaired) electrons. The van der Waals surface area contributed by atoms with Gasteiger partial charge in [-0.25, -0.2) is 0 Å². The van der Waals surface area contributed by atoms with Crippen LogP contribution in [0.25, 0.3) is 10.4 Å². The molecule has 26 heavy (non-hydrogen) atoms. The van der Waals surface area contributed by atoms with Crippen molar-refractivity contribution in [1.29, 1.82) is 0 Å². The second-order valence-corrected chi connectivity index (χ2v) is 5.36. The Bertz CT molecular complexity index is 409. The number of azide groups is 1. The van der Waals surface area contributed by atoms with Crippen LogP contribution in [-0.2, 0) is 23.7 Å². The zero-order chi connectivity index (χ0) is 19.2. The van der Waals surface area contributed by atoms with Gasteiger partial charge in [-0.1, -0.05) is 5.11 Å². The number of rotatable bonds is 14. The largest absolute Gasteiger partial charge is 0.394 e. The van der Waals surface area contributed by atoms with Gasteiger partial charge in [-0.2, -0.15) is 0 Å². The van der Waals surface area contributed by atoms with Crippen LogP contribution in [0.1, 0.15) is 0 Å². The molecule has 0 amide bonds. The van der Waals surface area contributed by atoms with E-state index in [1.54, 1.807) is 0 Å². The second-order valence-electron chi connectivity index (χ2n) is 5.36. The second kappa shape index (κ2) is 14.1. The first kappa shape index (κ1) is 23.0. The Labute approximate surface area is 150 Å². The molecule has 1 fully saturated rings. The van der Waals surface area contributed by atoms with Gasteiger partial charge >= 0.3 is 0 Å². The third kappa shape index (κ3) is 8.56. The summed E-state index contributed by atoms with van der Waals surface area (Å²) < 4.78 is 26.1. The third-order valence-corrected chi connectivity index (χ3v) is 3.50. The Morgan fingerprint density at radius 3 is 2.00 bits per heavy atom. The number of hydrogen-bond donors (Lipinski definition) is 4. The van der Waals surface area contributed by atoms with E-state index in [9.17, 15) is 15.3 Å². The minimum absolute atomic E-state index is 0.0885. The Balaban J connectivity index is 1.97. The molecule has 1 rings (SSSR count). The van der Waals surface area contributed by atoms with Crippen molar-refractivity contribution in [3.8, 4) is 0 Å². The molecule has 2 unspecified atom stereocenters. The highest BCUT2D eigenvalue weighted by atomic mass is 16.7. The van der Waals surface area contributed by atoms with E-state index >= 15 is 0 Å². The highest BCUT2D eigenvalue weighted by molar-refractivity contribution is 4.88. The lowest BCUT2D eigenvalue weighted by molar-refractivity contribution is -0.302. The summed E-state index contributed by atoms with van der Waals surface area (Å²) in [6.07, 6.45) is -6.45. The van der Waals surface area contributed by atoms with Gasteiger partial charge in [-0.3, -0.25) is 0 Å². The first-order valence-corrected chi connectivity index (χ1v) is 8.28. The molecule has 5 atom stereocenters. The van der Waals surface area contributed by atoms with Crippen molar-refractivity contribution in [3.63, 3.8) is 0 Å². The summed E-state index contributed by atoms with van der Waals surface area (Å²) in [7, 11) is 0. The SMILES string of the molecule is [N-]=[N+]=NCCOCCOCCOCCO[C@@H]1OC(CO)[C@@H](O)[C@H](O)C1O. The van der Waals surface area contributed by atoms with Gasteiger partial charge in [0.25, 0.3) is 0 Å². The molecule has 0 spiro atoms. The van der Waals surface area contributed by atoms with Crippen LogP contribution in [0.4, 0.5) is 0 Å². The molecule has 4 N–H and O–H groups in total. The Hall–Kier alpha value is -1.05. The zero-order valence-electron chi connectivity index (χ0n) is 14.4. The molecule has 12 heteroatoms. The van der Waals surface area contributed by atoms with Crippen LogP contribution in [0.3, 0.4) is 0 Å². The van der Waals surface area contributed by atoms with Crippen molar-refractivity contribution >= 4 is 0 Å². The fraction of sp³-hybridized carbons (Fsp3) is 1.00. The predicted octanol–water partition coefficient (Wildman–Crippen LogP) is -1.84. The van der Waals surface area contributed by atoms with Gasteiger partial charge in [-0.05, 0) is 5.53 Å². The van der Waals surface area contributed by atoms with E-state index in [-0.39, 0.29) is 19.8 Å². The highest BCUT2D eigenvalue weighted by Gasteiger charge is 2.43. The van der Waals surface area contributed by atoms with Gasteiger partial charge in [0.15, 0.2) is 6.29 Å². The average molecular weight is 381 g/mol. The quantitative estimate of drug-likeness (QED) is 0.117. The predicted molar refractivity (Wildman–Crippen MR) is 86.2 cm³/mol. The molecule has 0 aliphatic carbocycles. The van der Waals surface area contributed by atoms with Gasteiger partial charge in [0.2, 0.25) is 0 Å². The number of hydrogen-bond acceptors (Lipinski definition) is 10. The van der Waals surface area contributed by atoms with Gasteiger partial charge in [0, 0.05) is 11.5 Å². The fourth-order valence-electron chi connectivity index (χ4n) is 2.12. The highest BCUT2D eigenvalue weighted by Crippen LogP contribution is 2.21. The molecule has 1 aliphatic rings. The van der Waals surface area contributed by atoms with Crippen LogP contribution >= 0.6 is 0 Å². The van der Waals surface area contributed by atoms with Crippen LogP contribution in [0.2, 0.25) is 0 Å². The lowest BCUT2D eigenvalue weighted by Gasteiger charge is -2.39. The van der Waals surface area contributed by atoms with Gasteiger partial charge in [-0.15, -0.1) is 0 Å². The van der Waals surface area contributed by atoms with E-state index in [2.05, 4.69) is 10.0 Å². The summed E-state index contributed by atoms with van der Waals surface area (Å²) in [5.41, 5.74) is 8.06. The molecule has 1 saturated heterocycles. The van der Waals surface area contributed by atoms with Crippen molar-refractivity contribution in [1.82, 2.24) is 0 Å². The van der Waals surface area contributed by atoms with E-state index in [1.165, 1.54) is 0 Å². The standard InChI is InChI=1S/C14H27N3O9/c15-17-16-1-2-22-3-4-23-5-6-24-7-8-25-14-13(21)12(20)11(19)10(9-18)26-14/h10-14,18-21H,1-9H2/t10?,11-,12+,13?,14-/m1/s1. The third-order valence-electron chi connectivity index (χ3n) is 3.50. The number of aliphatic hydroxyl groups is 4. The van der Waals surface area contributed by atoms with Crippen molar-refractivity contribution in [3.05, 3.63) is 10.4 Å². The fourth-order valence-corrected chi connectivity index (χ4v) is 2.12. The molecule has 0 saturated carbocycles. The van der Waals surface area contributed by atoms with Crippen molar-refractivity contribution in [2.24, 2.45) is 5.11 Å². The summed E-state index contributed by atoms with van der Waals surface area (Å²) in [5, 5.41) is 41.4. The van der Waals surface area contributed by atoms with Gasteiger partial charge < -0.3 is 44.1 Å². The number of nitrogens with zero attached hydrogens (tertiary/aromatic N) is 3. The Kier molecular flexibility index (Phi) is 12.4. The van der Waals surface area contributed by atoms with E-state index in [1.807, 2.05) is 0 Å². The minimum Gasteiger partial charge on any atom is -0.394 e. The lowest BCUT2D eigenvalue weighted by Crippen LogP contribution is -2.59. The van der Waals surface area contributed by atoms with Crippen molar-refractivity contribution in [2.75, 3.05) is 59.4 Å². The van der Waals surface area contributed by atoms with Crippen LogP contribution in [0.15, 0.2) is 5.11 Å². The summed E-state index contributed by atoms with van der Waals surface area (Å²) in [5.74, 6) is 0. The number of ether oxygens (including phenoxy) is 5. The first-order valence-electron chi connectivity index (χ1n) is 8.28. The summed E-state index contributed by atoms with van der Waals surface area (Å²) in [4.78, 5) is 2.60. The van der Waals surface area contributed by atoms with Crippen molar-refractivity contribution < 1.29 is 44.1 Å². The molecule has 12 nitrogen and oxygen atoms in total. The minimum atomic E-state index is -1.46. The molecule has 0 aromatic rings. The molecule has 0 bridgehead atoms. The van der Waals surface area contributed by atoms with Gasteiger partial charge in [0.1, 0.15) is 24.4 Å². The smallest absolute Gasteiger partial charge is 0.186 e. The van der Waals surface area contributed by atoms with Crippen LogP contribution in [-0.4, -0.2) is 111 Å². The monoisotopic (exact) mass is 381 g/mol. The van der Waals surface area contributed by atoms with Crippen molar-refractivity contribution in [2.45, 2.75) is 30.7 Å². The molecule has 0 aromatic heterocycles. The Morgan fingerprint density at radius 1 is 0.846 bits per heavy atom. The summed E-state index contributed by atoms with van der Waals surface area (Å²) in [6.45, 7) is 1.89. The summed E-state index contributed by atoms with van der Waals surface area (Å²) in [6, 6.07) is 0. The van der Waals surface area contributed by atoms with E-state index in [0.717, 1.165) is 0 Å². The zero-order valence-corrected chi connectivity index (χ0v) is 14.4. The first-order chi connectivity index (χ1) is 12.6. The average Bonchev–Trinajstić information content (AvgIpc) is 2.65. The molecule has 0 aromatic carbocycles. The van der Waals surface area contributed by atoms with E-state index in [4.69, 9.17) is 34.3 Å². The van der Waals surface area contributed by atoms with Crippen LogP contribution in [0.5, 0.6) is 0 Å². The normalized spacial score (nSPS) is 28.7. The Morgan fingerprint density at radius 2 is 1.42 bits per heavy atom. The summed E-state index contributed by atoms with van der Waals surface area (Å²) >= 11 is 0. The molecular weight excluding hydrogens is 354 g/mol.